The van der Waals surface area contributed by atoms with E-state index in [1.54, 1.807) is 0 Å². The molecule has 1 atom stereocenters. The molecule has 0 saturated carbocycles. The minimum Gasteiger partial charge on any atom is -0.0625 e. The summed E-state index contributed by atoms with van der Waals surface area (Å²) in [7, 11) is 0. The lowest BCUT2D eigenvalue weighted by Gasteiger charge is -2.16. The second-order valence-electron chi connectivity index (χ2n) is 7.19. The third-order valence-corrected chi connectivity index (χ3v) is 5.26. The zero-order valence-electron chi connectivity index (χ0n) is 14.0. The number of rotatable bonds is 3. The highest BCUT2D eigenvalue weighted by Gasteiger charge is 2.20. The molecular formula is C21H26. The number of hydrogen-bond donors (Lipinski definition) is 0. The fourth-order valence-corrected chi connectivity index (χ4v) is 3.27. The second-order valence-corrected chi connectivity index (χ2v) is 7.19. The number of aryl methyl sites for hydroxylation is 2. The van der Waals surface area contributed by atoms with Gasteiger partial charge in [0.05, 0.1) is 0 Å². The molecule has 0 saturated heterocycles. The molecule has 0 amide bonds. The molecule has 0 radical (unpaired) electrons. The first-order chi connectivity index (χ1) is 9.95. The zero-order valence-corrected chi connectivity index (χ0v) is 14.0. The Morgan fingerprint density at radius 2 is 1.52 bits per heavy atom. The third-order valence-electron chi connectivity index (χ3n) is 5.26. The molecule has 0 bridgehead atoms. The first kappa shape index (κ1) is 14.4. The van der Waals surface area contributed by atoms with Gasteiger partial charge in [0.2, 0.25) is 0 Å². The van der Waals surface area contributed by atoms with Crippen LogP contribution in [-0.2, 0) is 12.8 Å². The quantitative estimate of drug-likeness (QED) is 0.575. The van der Waals surface area contributed by atoms with Gasteiger partial charge in [0.1, 0.15) is 0 Å². The monoisotopic (exact) mass is 278 g/mol. The van der Waals surface area contributed by atoms with E-state index in [2.05, 4.69) is 65.0 Å². The lowest BCUT2D eigenvalue weighted by molar-refractivity contribution is 0.417. The Hall–Kier alpha value is -1.56. The van der Waals surface area contributed by atoms with Gasteiger partial charge in [0, 0.05) is 0 Å². The first-order valence-electron chi connectivity index (χ1n) is 8.18. The zero-order chi connectivity index (χ0) is 15.1. The number of hydrogen-bond acceptors (Lipinski definition) is 0. The van der Waals surface area contributed by atoms with Crippen LogP contribution in [0.25, 0.3) is 11.1 Å². The van der Waals surface area contributed by atoms with Crippen molar-refractivity contribution >= 4 is 0 Å². The summed E-state index contributed by atoms with van der Waals surface area (Å²) in [5, 5.41) is 0. The molecule has 110 valence electrons. The maximum Gasteiger partial charge on any atom is -0.00133 e. The molecule has 0 fully saturated rings. The van der Waals surface area contributed by atoms with Crippen molar-refractivity contribution < 1.29 is 0 Å². The summed E-state index contributed by atoms with van der Waals surface area (Å²) in [5.41, 5.74) is 10.2. The maximum atomic E-state index is 2.44. The molecule has 1 aliphatic carbocycles. The summed E-state index contributed by atoms with van der Waals surface area (Å²) in [6.07, 6.45) is 2.30. The Morgan fingerprint density at radius 3 is 2.24 bits per heavy atom. The van der Waals surface area contributed by atoms with Gasteiger partial charge in [-0.2, -0.15) is 0 Å². The molecule has 2 aromatic carbocycles. The molecular weight excluding hydrogens is 252 g/mol. The minimum atomic E-state index is 0.747. The van der Waals surface area contributed by atoms with Crippen molar-refractivity contribution in [1.29, 1.82) is 0 Å². The average molecular weight is 278 g/mol. The van der Waals surface area contributed by atoms with Gasteiger partial charge < -0.3 is 0 Å². The predicted molar refractivity (Wildman–Crippen MR) is 91.9 cm³/mol. The average Bonchev–Trinajstić information content (AvgIpc) is 2.76. The van der Waals surface area contributed by atoms with Crippen molar-refractivity contribution in [1.82, 2.24) is 0 Å². The number of benzene rings is 2. The maximum absolute atomic E-state index is 2.44. The molecule has 0 aromatic heterocycles. The smallest absolute Gasteiger partial charge is 0.00133 e. The Morgan fingerprint density at radius 1 is 0.857 bits per heavy atom. The lowest BCUT2D eigenvalue weighted by Crippen LogP contribution is -2.07. The van der Waals surface area contributed by atoms with Gasteiger partial charge in [-0.15, -0.1) is 0 Å². The minimum absolute atomic E-state index is 0.747. The van der Waals surface area contributed by atoms with E-state index in [9.17, 15) is 0 Å². The summed E-state index contributed by atoms with van der Waals surface area (Å²) >= 11 is 0. The molecule has 2 aromatic rings. The van der Waals surface area contributed by atoms with E-state index >= 15 is 0 Å². The molecule has 0 nitrogen and oxygen atoms in total. The van der Waals surface area contributed by atoms with E-state index < -0.39 is 0 Å². The molecule has 0 N–H and O–H groups in total. The summed E-state index contributed by atoms with van der Waals surface area (Å²) in [6, 6.07) is 11.9. The van der Waals surface area contributed by atoms with Crippen LogP contribution in [-0.4, -0.2) is 0 Å². The van der Waals surface area contributed by atoms with Crippen LogP contribution in [0.5, 0.6) is 0 Å². The topological polar surface area (TPSA) is 0 Å². The Bertz CT molecular complexity index is 677. The van der Waals surface area contributed by atoms with Crippen LogP contribution >= 0.6 is 0 Å². The van der Waals surface area contributed by atoms with Crippen LogP contribution in [0.3, 0.4) is 0 Å². The molecule has 0 spiro atoms. The van der Waals surface area contributed by atoms with Gasteiger partial charge >= 0.3 is 0 Å². The largest absolute Gasteiger partial charge is 0.0625 e. The van der Waals surface area contributed by atoms with Crippen LogP contribution < -0.4 is 0 Å². The van der Waals surface area contributed by atoms with Crippen LogP contribution in [0.4, 0.5) is 0 Å². The van der Waals surface area contributed by atoms with Crippen molar-refractivity contribution in [2.24, 2.45) is 11.8 Å². The molecule has 0 aliphatic heterocycles. The van der Waals surface area contributed by atoms with Gasteiger partial charge in [-0.1, -0.05) is 51.1 Å². The van der Waals surface area contributed by atoms with E-state index in [4.69, 9.17) is 0 Å². The van der Waals surface area contributed by atoms with E-state index in [0.717, 1.165) is 18.3 Å². The highest BCUT2D eigenvalue weighted by molar-refractivity contribution is 5.78. The summed E-state index contributed by atoms with van der Waals surface area (Å²) in [5.74, 6) is 1.50. The summed E-state index contributed by atoms with van der Waals surface area (Å²) in [6.45, 7) is 11.4. The molecule has 0 heteroatoms. The van der Waals surface area contributed by atoms with Gasteiger partial charge in [-0.3, -0.25) is 0 Å². The van der Waals surface area contributed by atoms with E-state index in [1.165, 1.54) is 45.4 Å². The predicted octanol–water partition coefficient (Wildman–Crippen LogP) is 5.71. The van der Waals surface area contributed by atoms with Gasteiger partial charge in [-0.25, -0.2) is 0 Å². The van der Waals surface area contributed by atoms with Gasteiger partial charge in [0.15, 0.2) is 0 Å². The second kappa shape index (κ2) is 5.33. The highest BCUT2D eigenvalue weighted by atomic mass is 14.2. The summed E-state index contributed by atoms with van der Waals surface area (Å²) < 4.78 is 0. The van der Waals surface area contributed by atoms with Crippen molar-refractivity contribution in [3.8, 4) is 11.1 Å². The molecule has 21 heavy (non-hydrogen) atoms. The Labute approximate surface area is 129 Å². The SMILES string of the molecule is Cc1cc2c(cc1C)-c1ccc(CC(C)C(C)C)cc1C2. The van der Waals surface area contributed by atoms with Crippen molar-refractivity contribution in [2.45, 2.75) is 47.5 Å². The standard InChI is InChI=1S/C21H26/c1-13(2)14(3)8-17-6-7-20-19(11-17)12-18-9-15(4)16(5)10-21(18)20/h6-7,9-11,13-14H,8,12H2,1-5H3. The molecule has 1 unspecified atom stereocenters. The molecule has 0 heterocycles. The van der Waals surface area contributed by atoms with Crippen molar-refractivity contribution in [2.75, 3.05) is 0 Å². The first-order valence-corrected chi connectivity index (χ1v) is 8.18. The molecule has 3 rings (SSSR count). The molecule has 1 aliphatic rings. The normalized spacial score (nSPS) is 14.2. The Kier molecular flexibility index (Phi) is 3.65. The van der Waals surface area contributed by atoms with E-state index in [1.807, 2.05) is 0 Å². The fourth-order valence-electron chi connectivity index (χ4n) is 3.27. The lowest BCUT2D eigenvalue weighted by atomic mass is 9.90. The van der Waals surface area contributed by atoms with Crippen LogP contribution in [0.2, 0.25) is 0 Å². The third kappa shape index (κ3) is 2.64. The highest BCUT2D eigenvalue weighted by Crippen LogP contribution is 2.38. The van der Waals surface area contributed by atoms with E-state index in [-0.39, 0.29) is 0 Å². The van der Waals surface area contributed by atoms with Crippen LogP contribution in [0, 0.1) is 25.7 Å². The van der Waals surface area contributed by atoms with Crippen molar-refractivity contribution in [3.63, 3.8) is 0 Å². The summed E-state index contributed by atoms with van der Waals surface area (Å²) in [4.78, 5) is 0. The Balaban J connectivity index is 1.93. The van der Waals surface area contributed by atoms with Gasteiger partial charge in [0.25, 0.3) is 0 Å². The van der Waals surface area contributed by atoms with Crippen LogP contribution in [0.1, 0.15) is 48.6 Å². The fraction of sp³-hybridized carbons (Fsp3) is 0.429. The van der Waals surface area contributed by atoms with E-state index in [0.29, 0.717) is 0 Å². The number of fused-ring (bicyclic) bond motifs is 3. The van der Waals surface area contributed by atoms with Crippen LogP contribution in [0.15, 0.2) is 30.3 Å². The van der Waals surface area contributed by atoms with Crippen molar-refractivity contribution in [3.05, 3.63) is 58.1 Å². The van der Waals surface area contributed by atoms with Gasteiger partial charge in [-0.05, 0) is 77.5 Å².